The first-order valence-electron chi connectivity index (χ1n) is 8.04. The number of guanidine groups is 1. The van der Waals surface area contributed by atoms with Gasteiger partial charge in [0.25, 0.3) is 0 Å². The molecular weight excluding hydrogens is 333 g/mol. The standard InChI is InChI=1S/C17H25F3N4O/c1-4-22-15(24-11-16(2,3)14(21)25)23-10-9-12-5-7-13(8-6-12)17(18,19)20/h5-8H,4,9-11H2,1-3H3,(H2,21,25)(H2,22,23,24). The molecule has 8 heteroatoms. The molecule has 0 fully saturated rings. The van der Waals surface area contributed by atoms with Crippen molar-refractivity contribution in [3.05, 3.63) is 35.4 Å². The SMILES string of the molecule is CCNC(=NCC(C)(C)C(N)=O)NCCc1ccc(C(F)(F)F)cc1. The molecule has 1 rings (SSSR count). The van der Waals surface area contributed by atoms with Gasteiger partial charge in [-0.15, -0.1) is 0 Å². The molecule has 0 unspecified atom stereocenters. The quantitative estimate of drug-likeness (QED) is 0.517. The summed E-state index contributed by atoms with van der Waals surface area (Å²) in [6, 6.07) is 5.07. The highest BCUT2D eigenvalue weighted by atomic mass is 19.4. The van der Waals surface area contributed by atoms with Crippen LogP contribution in [0.5, 0.6) is 0 Å². The second-order valence-electron chi connectivity index (χ2n) is 6.31. The van der Waals surface area contributed by atoms with Crippen molar-refractivity contribution in [2.24, 2.45) is 16.1 Å². The summed E-state index contributed by atoms with van der Waals surface area (Å²) < 4.78 is 37.6. The third-order valence-electron chi connectivity index (χ3n) is 3.63. The zero-order valence-corrected chi connectivity index (χ0v) is 14.7. The molecule has 0 atom stereocenters. The number of aliphatic imine (C=N–C) groups is 1. The molecule has 1 aromatic carbocycles. The molecule has 0 aliphatic rings. The van der Waals surface area contributed by atoms with Gasteiger partial charge in [-0.25, -0.2) is 0 Å². The van der Waals surface area contributed by atoms with Crippen molar-refractivity contribution in [3.8, 4) is 0 Å². The lowest BCUT2D eigenvalue weighted by Gasteiger charge is -2.19. The molecule has 0 saturated carbocycles. The maximum Gasteiger partial charge on any atom is 0.416 e. The lowest BCUT2D eigenvalue weighted by atomic mass is 9.93. The summed E-state index contributed by atoms with van der Waals surface area (Å²) in [5, 5.41) is 6.14. The van der Waals surface area contributed by atoms with Crippen LogP contribution in [0.15, 0.2) is 29.3 Å². The van der Waals surface area contributed by atoms with Crippen LogP contribution in [0.1, 0.15) is 31.9 Å². The number of benzene rings is 1. The third-order valence-corrected chi connectivity index (χ3v) is 3.63. The molecule has 0 bridgehead atoms. The Morgan fingerprint density at radius 3 is 2.24 bits per heavy atom. The van der Waals surface area contributed by atoms with E-state index in [-0.39, 0.29) is 6.54 Å². The first-order chi connectivity index (χ1) is 11.6. The number of nitrogens with one attached hydrogen (secondary N) is 2. The van der Waals surface area contributed by atoms with Crippen LogP contribution in [-0.4, -0.2) is 31.5 Å². The van der Waals surface area contributed by atoms with Crippen molar-refractivity contribution in [2.75, 3.05) is 19.6 Å². The van der Waals surface area contributed by atoms with E-state index in [0.29, 0.717) is 25.5 Å². The minimum Gasteiger partial charge on any atom is -0.369 e. The zero-order valence-electron chi connectivity index (χ0n) is 14.7. The predicted molar refractivity (Wildman–Crippen MR) is 92.1 cm³/mol. The van der Waals surface area contributed by atoms with Crippen LogP contribution < -0.4 is 16.4 Å². The number of rotatable bonds is 7. The minimum absolute atomic E-state index is 0.234. The fraction of sp³-hybridized carbons (Fsp3) is 0.529. The lowest BCUT2D eigenvalue weighted by molar-refractivity contribution is -0.137. The van der Waals surface area contributed by atoms with E-state index in [1.807, 2.05) is 6.92 Å². The highest BCUT2D eigenvalue weighted by molar-refractivity contribution is 5.82. The molecule has 0 radical (unpaired) electrons. The molecule has 25 heavy (non-hydrogen) atoms. The van der Waals surface area contributed by atoms with Crippen molar-refractivity contribution in [1.82, 2.24) is 10.6 Å². The summed E-state index contributed by atoms with van der Waals surface area (Å²) in [5.41, 5.74) is 4.69. The average molecular weight is 358 g/mol. The topological polar surface area (TPSA) is 79.5 Å². The number of halogens is 3. The molecule has 0 heterocycles. The number of amides is 1. The Labute approximate surface area is 145 Å². The van der Waals surface area contributed by atoms with Crippen LogP contribution in [0.4, 0.5) is 13.2 Å². The molecule has 140 valence electrons. The summed E-state index contributed by atoms with van der Waals surface area (Å²) in [5.74, 6) is 0.0978. The molecule has 0 aliphatic heterocycles. The van der Waals surface area contributed by atoms with Crippen molar-refractivity contribution in [1.29, 1.82) is 0 Å². The van der Waals surface area contributed by atoms with E-state index < -0.39 is 23.1 Å². The first-order valence-corrected chi connectivity index (χ1v) is 8.04. The molecule has 4 N–H and O–H groups in total. The van der Waals surface area contributed by atoms with E-state index in [9.17, 15) is 18.0 Å². The largest absolute Gasteiger partial charge is 0.416 e. The monoisotopic (exact) mass is 358 g/mol. The van der Waals surface area contributed by atoms with Crippen LogP contribution >= 0.6 is 0 Å². The molecule has 0 spiro atoms. The Bertz CT molecular complexity index is 595. The smallest absolute Gasteiger partial charge is 0.369 e. The molecular formula is C17H25F3N4O. The minimum atomic E-state index is -4.32. The van der Waals surface area contributed by atoms with Gasteiger partial charge in [0.05, 0.1) is 17.5 Å². The van der Waals surface area contributed by atoms with E-state index in [0.717, 1.165) is 17.7 Å². The van der Waals surface area contributed by atoms with Gasteiger partial charge < -0.3 is 16.4 Å². The van der Waals surface area contributed by atoms with Gasteiger partial charge in [-0.3, -0.25) is 9.79 Å². The number of nitrogens with zero attached hydrogens (tertiary/aromatic N) is 1. The predicted octanol–water partition coefficient (Wildman–Crippen LogP) is 2.31. The molecule has 0 saturated heterocycles. The van der Waals surface area contributed by atoms with Gasteiger partial charge in [-0.2, -0.15) is 13.2 Å². The number of nitrogens with two attached hydrogens (primary N) is 1. The summed E-state index contributed by atoms with van der Waals surface area (Å²) in [4.78, 5) is 15.6. The van der Waals surface area contributed by atoms with Crippen LogP contribution in [0.25, 0.3) is 0 Å². The van der Waals surface area contributed by atoms with E-state index in [2.05, 4.69) is 15.6 Å². The Morgan fingerprint density at radius 2 is 1.76 bits per heavy atom. The Balaban J connectivity index is 2.59. The van der Waals surface area contributed by atoms with E-state index >= 15 is 0 Å². The van der Waals surface area contributed by atoms with Gasteiger partial charge in [-0.05, 0) is 44.9 Å². The Hall–Kier alpha value is -2.25. The molecule has 5 nitrogen and oxygen atoms in total. The maximum atomic E-state index is 12.5. The van der Waals surface area contributed by atoms with Crippen molar-refractivity contribution < 1.29 is 18.0 Å². The van der Waals surface area contributed by atoms with Gasteiger partial charge >= 0.3 is 6.18 Å². The van der Waals surface area contributed by atoms with Crippen LogP contribution in [0.3, 0.4) is 0 Å². The van der Waals surface area contributed by atoms with Crippen LogP contribution in [0.2, 0.25) is 0 Å². The molecule has 1 amide bonds. The lowest BCUT2D eigenvalue weighted by Crippen LogP contribution is -2.40. The zero-order chi connectivity index (χ0) is 19.1. The van der Waals surface area contributed by atoms with E-state index in [4.69, 9.17) is 5.73 Å². The second-order valence-corrected chi connectivity index (χ2v) is 6.31. The Morgan fingerprint density at radius 1 is 1.16 bits per heavy atom. The van der Waals surface area contributed by atoms with Gasteiger partial charge in [0.2, 0.25) is 5.91 Å². The summed E-state index contributed by atoms with van der Waals surface area (Å²) in [6.45, 7) is 6.71. The van der Waals surface area contributed by atoms with E-state index in [1.54, 1.807) is 13.8 Å². The summed E-state index contributed by atoms with van der Waals surface area (Å²) in [6.07, 6.45) is -3.78. The van der Waals surface area contributed by atoms with Crippen LogP contribution in [-0.2, 0) is 17.4 Å². The summed E-state index contributed by atoms with van der Waals surface area (Å²) >= 11 is 0. The number of hydrogen-bond acceptors (Lipinski definition) is 2. The number of primary amides is 1. The van der Waals surface area contributed by atoms with Gasteiger partial charge in [-0.1, -0.05) is 12.1 Å². The van der Waals surface area contributed by atoms with Gasteiger partial charge in [0.1, 0.15) is 0 Å². The number of hydrogen-bond donors (Lipinski definition) is 3. The number of carbonyl (C=O) groups is 1. The average Bonchev–Trinajstić information content (AvgIpc) is 2.52. The van der Waals surface area contributed by atoms with Crippen molar-refractivity contribution in [3.63, 3.8) is 0 Å². The normalized spacial score (nSPS) is 12.8. The second kappa shape index (κ2) is 8.73. The number of alkyl halides is 3. The van der Waals surface area contributed by atoms with Gasteiger partial charge in [0.15, 0.2) is 5.96 Å². The Kier molecular flexibility index (Phi) is 7.26. The van der Waals surface area contributed by atoms with Crippen LogP contribution in [0, 0.1) is 5.41 Å². The van der Waals surface area contributed by atoms with Crippen molar-refractivity contribution in [2.45, 2.75) is 33.4 Å². The highest BCUT2D eigenvalue weighted by Crippen LogP contribution is 2.29. The summed E-state index contributed by atoms with van der Waals surface area (Å²) in [7, 11) is 0. The fourth-order valence-corrected chi connectivity index (χ4v) is 1.88. The molecule has 1 aromatic rings. The molecule has 0 aromatic heterocycles. The fourth-order valence-electron chi connectivity index (χ4n) is 1.88. The third kappa shape index (κ3) is 7.03. The first kappa shape index (κ1) is 20.8. The highest BCUT2D eigenvalue weighted by Gasteiger charge is 2.29. The number of carbonyl (C=O) groups excluding carboxylic acids is 1. The van der Waals surface area contributed by atoms with Gasteiger partial charge in [0, 0.05) is 13.1 Å². The molecule has 0 aliphatic carbocycles. The van der Waals surface area contributed by atoms with Crippen molar-refractivity contribution >= 4 is 11.9 Å². The maximum absolute atomic E-state index is 12.5. The van der Waals surface area contributed by atoms with E-state index in [1.165, 1.54) is 12.1 Å².